The zero-order chi connectivity index (χ0) is 11.8. The van der Waals surface area contributed by atoms with Gasteiger partial charge in [-0.3, -0.25) is 10.8 Å². The van der Waals surface area contributed by atoms with Crippen molar-refractivity contribution < 1.29 is 0 Å². The molecule has 1 aromatic carbocycles. The summed E-state index contributed by atoms with van der Waals surface area (Å²) < 4.78 is 1.05. The molecule has 0 amide bonds. The highest BCUT2D eigenvalue weighted by molar-refractivity contribution is 9.10. The van der Waals surface area contributed by atoms with Gasteiger partial charge in [-0.25, -0.2) is 0 Å². The van der Waals surface area contributed by atoms with Gasteiger partial charge in [0.25, 0.3) is 0 Å². The van der Waals surface area contributed by atoms with Crippen molar-refractivity contribution in [2.75, 3.05) is 5.43 Å². The van der Waals surface area contributed by atoms with Crippen LogP contribution in [0.25, 0.3) is 10.9 Å². The maximum atomic E-state index is 5.60. The number of rotatable bonds is 2. The molecule has 3 N–H and O–H groups in total. The molecule has 2 aromatic rings. The van der Waals surface area contributed by atoms with E-state index in [1.54, 1.807) is 0 Å². The van der Waals surface area contributed by atoms with Gasteiger partial charge in [-0.15, -0.1) is 0 Å². The molecule has 17 heavy (non-hydrogen) atoms. The van der Waals surface area contributed by atoms with Crippen molar-refractivity contribution in [1.82, 2.24) is 4.98 Å². The van der Waals surface area contributed by atoms with E-state index < -0.39 is 0 Å². The van der Waals surface area contributed by atoms with Crippen LogP contribution in [0.4, 0.5) is 5.69 Å². The topological polar surface area (TPSA) is 50.9 Å². The van der Waals surface area contributed by atoms with E-state index >= 15 is 0 Å². The lowest BCUT2D eigenvalue weighted by molar-refractivity contribution is 0.413. The Morgan fingerprint density at radius 2 is 2.18 bits per heavy atom. The zero-order valence-electron chi connectivity index (χ0n) is 9.41. The summed E-state index contributed by atoms with van der Waals surface area (Å²) in [5, 5.41) is 1.10. The molecule has 1 saturated carbocycles. The molecule has 1 aliphatic rings. The first kappa shape index (κ1) is 11.0. The van der Waals surface area contributed by atoms with Crippen LogP contribution in [0.3, 0.4) is 0 Å². The second kappa shape index (κ2) is 4.27. The van der Waals surface area contributed by atoms with E-state index in [0.717, 1.165) is 26.8 Å². The monoisotopic (exact) mass is 291 g/mol. The van der Waals surface area contributed by atoms with Gasteiger partial charge in [-0.2, -0.15) is 0 Å². The van der Waals surface area contributed by atoms with Gasteiger partial charge in [-0.05, 0) is 31.0 Å². The third kappa shape index (κ3) is 1.81. The molecule has 1 aromatic heterocycles. The third-order valence-corrected chi connectivity index (χ3v) is 4.17. The Morgan fingerprint density at radius 1 is 1.35 bits per heavy atom. The number of benzene rings is 1. The highest BCUT2D eigenvalue weighted by Gasteiger charge is 2.24. The van der Waals surface area contributed by atoms with Crippen molar-refractivity contribution in [2.24, 2.45) is 5.84 Å². The SMILES string of the molecule is NNc1cc2c(Br)cccc2nc1C1CCC1. The van der Waals surface area contributed by atoms with Crippen LogP contribution in [-0.4, -0.2) is 4.98 Å². The Balaban J connectivity index is 2.21. The van der Waals surface area contributed by atoms with Gasteiger partial charge in [0.15, 0.2) is 0 Å². The lowest BCUT2D eigenvalue weighted by atomic mass is 9.82. The summed E-state index contributed by atoms with van der Waals surface area (Å²) in [6, 6.07) is 8.16. The second-order valence-electron chi connectivity index (χ2n) is 4.50. The Labute approximate surface area is 109 Å². The fourth-order valence-electron chi connectivity index (χ4n) is 2.28. The maximum absolute atomic E-state index is 5.60. The van der Waals surface area contributed by atoms with Crippen LogP contribution >= 0.6 is 15.9 Å². The molecule has 0 unspecified atom stereocenters. The molecule has 0 aliphatic heterocycles. The summed E-state index contributed by atoms with van der Waals surface area (Å²) in [7, 11) is 0. The molecule has 88 valence electrons. The number of hydrogen-bond acceptors (Lipinski definition) is 3. The number of nitrogen functional groups attached to an aromatic ring is 1. The summed E-state index contributed by atoms with van der Waals surface area (Å²) in [5.74, 6) is 6.18. The molecular formula is C13H14BrN3. The molecular weight excluding hydrogens is 278 g/mol. The summed E-state index contributed by atoms with van der Waals surface area (Å²) in [6.07, 6.45) is 3.75. The molecule has 3 nitrogen and oxygen atoms in total. The smallest absolute Gasteiger partial charge is 0.0718 e. The van der Waals surface area contributed by atoms with Crippen molar-refractivity contribution in [1.29, 1.82) is 0 Å². The third-order valence-electron chi connectivity index (χ3n) is 3.48. The van der Waals surface area contributed by atoms with Gasteiger partial charge in [0.05, 0.1) is 16.9 Å². The van der Waals surface area contributed by atoms with Crippen LogP contribution in [0.2, 0.25) is 0 Å². The number of anilines is 1. The van der Waals surface area contributed by atoms with E-state index in [2.05, 4.69) is 27.4 Å². The molecule has 0 radical (unpaired) electrons. The lowest BCUT2D eigenvalue weighted by Gasteiger charge is -2.27. The number of nitrogens with one attached hydrogen (secondary N) is 1. The quantitative estimate of drug-likeness (QED) is 0.657. The van der Waals surface area contributed by atoms with Crippen LogP contribution < -0.4 is 11.3 Å². The Kier molecular flexibility index (Phi) is 2.76. The van der Waals surface area contributed by atoms with Crippen LogP contribution in [0, 0.1) is 0 Å². The van der Waals surface area contributed by atoms with Gasteiger partial charge >= 0.3 is 0 Å². The molecule has 0 atom stereocenters. The molecule has 0 saturated heterocycles. The molecule has 3 rings (SSSR count). The van der Waals surface area contributed by atoms with Crippen LogP contribution in [0.1, 0.15) is 30.9 Å². The summed E-state index contributed by atoms with van der Waals surface area (Å²) in [4.78, 5) is 4.76. The first-order chi connectivity index (χ1) is 8.29. The predicted octanol–water partition coefficient (Wildman–Crippen LogP) is 3.55. The van der Waals surface area contributed by atoms with Gasteiger partial charge in [0.1, 0.15) is 0 Å². The molecule has 0 spiro atoms. The fourth-order valence-corrected chi connectivity index (χ4v) is 2.75. The number of nitrogens with two attached hydrogens (primary N) is 1. The second-order valence-corrected chi connectivity index (χ2v) is 5.35. The average Bonchev–Trinajstić information content (AvgIpc) is 2.26. The Morgan fingerprint density at radius 3 is 2.82 bits per heavy atom. The zero-order valence-corrected chi connectivity index (χ0v) is 11.0. The Bertz CT molecular complexity index is 564. The largest absolute Gasteiger partial charge is 0.322 e. The number of hydrazine groups is 1. The predicted molar refractivity (Wildman–Crippen MR) is 73.8 cm³/mol. The summed E-state index contributed by atoms with van der Waals surface area (Å²) in [5.41, 5.74) is 5.88. The molecule has 1 aliphatic carbocycles. The maximum Gasteiger partial charge on any atom is 0.0718 e. The standard InChI is InChI=1S/C13H14BrN3/c14-10-5-2-6-11-9(10)7-12(17-15)13(16-11)8-3-1-4-8/h2,5-8,17H,1,3-4,15H2. The fraction of sp³-hybridized carbons (Fsp3) is 0.308. The van der Waals surface area contributed by atoms with E-state index in [4.69, 9.17) is 10.8 Å². The van der Waals surface area contributed by atoms with Crippen LogP contribution in [0.15, 0.2) is 28.7 Å². The molecule has 0 bridgehead atoms. The molecule has 1 fully saturated rings. The van der Waals surface area contributed by atoms with Crippen molar-refractivity contribution in [3.05, 3.63) is 34.4 Å². The first-order valence-electron chi connectivity index (χ1n) is 5.85. The lowest BCUT2D eigenvalue weighted by Crippen LogP contribution is -2.16. The highest BCUT2D eigenvalue weighted by Crippen LogP contribution is 2.40. The van der Waals surface area contributed by atoms with Gasteiger partial charge in [0, 0.05) is 15.8 Å². The average molecular weight is 292 g/mol. The normalized spacial score (nSPS) is 15.9. The first-order valence-corrected chi connectivity index (χ1v) is 6.64. The van der Waals surface area contributed by atoms with Crippen LogP contribution in [-0.2, 0) is 0 Å². The number of pyridine rings is 1. The minimum Gasteiger partial charge on any atom is -0.322 e. The number of hydrogen-bond donors (Lipinski definition) is 2. The van der Waals surface area contributed by atoms with E-state index in [9.17, 15) is 0 Å². The van der Waals surface area contributed by atoms with Crippen molar-refractivity contribution in [3.8, 4) is 0 Å². The minimum absolute atomic E-state index is 0.574. The van der Waals surface area contributed by atoms with Crippen molar-refractivity contribution >= 4 is 32.5 Å². The Hall–Kier alpha value is -1.13. The number of fused-ring (bicyclic) bond motifs is 1. The molecule has 1 heterocycles. The van der Waals surface area contributed by atoms with Crippen molar-refractivity contribution in [2.45, 2.75) is 25.2 Å². The van der Waals surface area contributed by atoms with Crippen molar-refractivity contribution in [3.63, 3.8) is 0 Å². The van der Waals surface area contributed by atoms with Gasteiger partial charge < -0.3 is 5.43 Å². The number of nitrogens with zero attached hydrogens (tertiary/aromatic N) is 1. The molecule has 4 heteroatoms. The van der Waals surface area contributed by atoms with E-state index in [0.29, 0.717) is 5.92 Å². The highest BCUT2D eigenvalue weighted by atomic mass is 79.9. The van der Waals surface area contributed by atoms with Gasteiger partial charge in [-0.1, -0.05) is 28.4 Å². The van der Waals surface area contributed by atoms with E-state index in [1.165, 1.54) is 19.3 Å². The van der Waals surface area contributed by atoms with E-state index in [1.807, 2.05) is 18.2 Å². The van der Waals surface area contributed by atoms with Gasteiger partial charge in [0.2, 0.25) is 0 Å². The van der Waals surface area contributed by atoms with E-state index in [-0.39, 0.29) is 0 Å². The minimum atomic E-state index is 0.574. The number of aromatic nitrogens is 1. The van der Waals surface area contributed by atoms with Crippen LogP contribution in [0.5, 0.6) is 0 Å². The summed E-state index contributed by atoms with van der Waals surface area (Å²) in [6.45, 7) is 0. The number of halogens is 1. The summed E-state index contributed by atoms with van der Waals surface area (Å²) >= 11 is 3.54.